The second-order valence-corrected chi connectivity index (χ2v) is 4.23. The van der Waals surface area contributed by atoms with Gasteiger partial charge in [0, 0.05) is 19.6 Å². The van der Waals surface area contributed by atoms with E-state index in [0.717, 1.165) is 19.3 Å². The number of nitrogens with zero attached hydrogens (tertiary/aromatic N) is 2. The number of amides is 2. The zero-order chi connectivity index (χ0) is 11.4. The van der Waals surface area contributed by atoms with Crippen molar-refractivity contribution in [3.8, 4) is 0 Å². The van der Waals surface area contributed by atoms with Crippen molar-refractivity contribution in [3.63, 3.8) is 0 Å². The molecule has 2 rings (SSSR count). The van der Waals surface area contributed by atoms with Gasteiger partial charge in [-0.2, -0.15) is 0 Å². The summed E-state index contributed by atoms with van der Waals surface area (Å²) in [5.41, 5.74) is 0. The van der Waals surface area contributed by atoms with Gasteiger partial charge in [-0.25, -0.2) is 0 Å². The van der Waals surface area contributed by atoms with Gasteiger partial charge in [0.05, 0.1) is 13.2 Å². The molecule has 89 valence electrons. The molecular formula is C11H17N2O3. The van der Waals surface area contributed by atoms with E-state index in [2.05, 4.69) is 0 Å². The molecule has 16 heavy (non-hydrogen) atoms. The Labute approximate surface area is 95.3 Å². The van der Waals surface area contributed by atoms with Crippen molar-refractivity contribution in [1.29, 1.82) is 0 Å². The molecule has 2 heterocycles. The fourth-order valence-corrected chi connectivity index (χ4v) is 2.29. The number of carbonyl (C=O) groups is 1. The maximum atomic E-state index is 12.2. The van der Waals surface area contributed by atoms with Crippen molar-refractivity contribution in [2.75, 3.05) is 32.8 Å². The van der Waals surface area contributed by atoms with E-state index in [1.165, 1.54) is 4.90 Å². The first-order valence-electron chi connectivity index (χ1n) is 5.84. The molecule has 2 saturated heterocycles. The Kier molecular flexibility index (Phi) is 3.77. The van der Waals surface area contributed by atoms with E-state index in [-0.39, 0.29) is 11.9 Å². The summed E-state index contributed by atoms with van der Waals surface area (Å²) < 4.78 is 5.21. The molecule has 5 heteroatoms. The highest BCUT2D eigenvalue weighted by Gasteiger charge is 2.32. The molecule has 0 bridgehead atoms. The molecular weight excluding hydrogens is 208 g/mol. The predicted molar refractivity (Wildman–Crippen MR) is 57.4 cm³/mol. The Bertz CT molecular complexity index is 264. The minimum atomic E-state index is -0.288. The smallest absolute Gasteiger partial charge is 0.312 e. The van der Waals surface area contributed by atoms with Gasteiger partial charge in [0.1, 0.15) is 6.04 Å². The highest BCUT2D eigenvalue weighted by Crippen LogP contribution is 2.17. The van der Waals surface area contributed by atoms with E-state index in [4.69, 9.17) is 4.74 Å². The van der Waals surface area contributed by atoms with Gasteiger partial charge in [0.15, 0.2) is 0 Å². The molecule has 0 saturated carbocycles. The normalized spacial score (nSPS) is 26.6. The molecule has 5 nitrogen and oxygen atoms in total. The largest absolute Gasteiger partial charge is 0.378 e. The monoisotopic (exact) mass is 225 g/mol. The minimum absolute atomic E-state index is 0.0614. The van der Waals surface area contributed by atoms with Gasteiger partial charge in [0.2, 0.25) is 5.91 Å². The van der Waals surface area contributed by atoms with Crippen LogP contribution < -0.4 is 0 Å². The Hall–Kier alpha value is -1.10. The average molecular weight is 225 g/mol. The number of ether oxygens (including phenoxy) is 1. The summed E-state index contributed by atoms with van der Waals surface area (Å²) in [6, 6.07) is -0.288. The molecule has 0 aromatic rings. The minimum Gasteiger partial charge on any atom is -0.378 e. The van der Waals surface area contributed by atoms with Crippen molar-refractivity contribution >= 4 is 12.3 Å². The van der Waals surface area contributed by atoms with E-state index >= 15 is 0 Å². The highest BCUT2D eigenvalue weighted by molar-refractivity contribution is 5.84. The number of hydrogen-bond donors (Lipinski definition) is 0. The molecule has 2 aliphatic rings. The number of hydrogen-bond acceptors (Lipinski definition) is 3. The van der Waals surface area contributed by atoms with E-state index in [0.29, 0.717) is 32.8 Å². The summed E-state index contributed by atoms with van der Waals surface area (Å²) in [4.78, 5) is 26.2. The molecule has 2 fully saturated rings. The van der Waals surface area contributed by atoms with Gasteiger partial charge in [-0.15, -0.1) is 0 Å². The number of piperidine rings is 1. The quantitative estimate of drug-likeness (QED) is 0.652. The maximum absolute atomic E-state index is 12.2. The molecule has 0 aromatic heterocycles. The van der Waals surface area contributed by atoms with Crippen molar-refractivity contribution in [1.82, 2.24) is 9.80 Å². The van der Waals surface area contributed by atoms with E-state index in [9.17, 15) is 9.59 Å². The van der Waals surface area contributed by atoms with Crippen LogP contribution in [0.25, 0.3) is 0 Å². The van der Waals surface area contributed by atoms with Crippen molar-refractivity contribution in [2.45, 2.75) is 25.3 Å². The first-order chi connectivity index (χ1) is 7.83. The van der Waals surface area contributed by atoms with Crippen LogP contribution in [0.5, 0.6) is 0 Å². The van der Waals surface area contributed by atoms with Crippen LogP contribution >= 0.6 is 0 Å². The number of likely N-dealkylation sites (tertiary alicyclic amines) is 1. The summed E-state index contributed by atoms with van der Waals surface area (Å²) in [6.07, 6.45) is 4.64. The Morgan fingerprint density at radius 3 is 2.62 bits per heavy atom. The van der Waals surface area contributed by atoms with Crippen LogP contribution in [-0.4, -0.2) is 61.0 Å². The lowest BCUT2D eigenvalue weighted by molar-refractivity contribution is -0.140. The molecule has 0 aliphatic carbocycles. The van der Waals surface area contributed by atoms with Crippen LogP contribution in [0.1, 0.15) is 19.3 Å². The zero-order valence-electron chi connectivity index (χ0n) is 9.35. The maximum Gasteiger partial charge on any atom is 0.312 e. The summed E-state index contributed by atoms with van der Waals surface area (Å²) in [6.45, 7) is 3.14. The number of rotatable bonds is 2. The van der Waals surface area contributed by atoms with Gasteiger partial charge in [-0.05, 0) is 19.3 Å². The van der Waals surface area contributed by atoms with E-state index in [1.807, 2.05) is 6.41 Å². The van der Waals surface area contributed by atoms with Crippen LogP contribution in [0.15, 0.2) is 0 Å². The number of morpholine rings is 1. The second-order valence-electron chi connectivity index (χ2n) is 4.23. The molecule has 1 unspecified atom stereocenters. The molecule has 0 N–H and O–H groups in total. The fourth-order valence-electron chi connectivity index (χ4n) is 2.29. The van der Waals surface area contributed by atoms with Gasteiger partial charge in [-0.1, -0.05) is 0 Å². The molecule has 2 amide bonds. The van der Waals surface area contributed by atoms with Gasteiger partial charge in [0.25, 0.3) is 0 Å². The Morgan fingerprint density at radius 1 is 1.19 bits per heavy atom. The third-order valence-electron chi connectivity index (χ3n) is 3.23. The van der Waals surface area contributed by atoms with Gasteiger partial charge in [-0.3, -0.25) is 9.59 Å². The lowest BCUT2D eigenvalue weighted by atomic mass is 10.0. The van der Waals surface area contributed by atoms with Crippen LogP contribution in [0.4, 0.5) is 0 Å². The van der Waals surface area contributed by atoms with Crippen molar-refractivity contribution in [2.24, 2.45) is 0 Å². The summed E-state index contributed by atoms with van der Waals surface area (Å²) in [5.74, 6) is 0.0614. The summed E-state index contributed by atoms with van der Waals surface area (Å²) >= 11 is 0. The summed E-state index contributed by atoms with van der Waals surface area (Å²) in [7, 11) is 0. The third-order valence-corrected chi connectivity index (χ3v) is 3.23. The van der Waals surface area contributed by atoms with Crippen LogP contribution in [0.3, 0.4) is 0 Å². The molecule has 0 aromatic carbocycles. The topological polar surface area (TPSA) is 49.9 Å². The Morgan fingerprint density at radius 2 is 1.94 bits per heavy atom. The third kappa shape index (κ3) is 2.35. The number of carbonyl (C=O) groups excluding carboxylic acids is 2. The van der Waals surface area contributed by atoms with E-state index < -0.39 is 0 Å². The predicted octanol–water partition coefficient (Wildman–Crippen LogP) is -0.233. The zero-order valence-corrected chi connectivity index (χ0v) is 9.35. The molecule has 1 radical (unpaired) electrons. The second kappa shape index (κ2) is 5.30. The fraction of sp³-hybridized carbons (Fsp3) is 0.818. The molecule has 1 atom stereocenters. The highest BCUT2D eigenvalue weighted by atomic mass is 16.5. The lowest BCUT2D eigenvalue weighted by Crippen LogP contribution is -2.53. The molecule has 0 spiro atoms. The van der Waals surface area contributed by atoms with Crippen molar-refractivity contribution < 1.29 is 14.3 Å². The average Bonchev–Trinajstić information content (AvgIpc) is 2.39. The van der Waals surface area contributed by atoms with Gasteiger partial charge < -0.3 is 14.5 Å². The molecule has 2 aliphatic heterocycles. The van der Waals surface area contributed by atoms with E-state index in [1.54, 1.807) is 4.90 Å². The van der Waals surface area contributed by atoms with Crippen LogP contribution in [0.2, 0.25) is 0 Å². The standard InChI is InChI=1S/C11H17N2O3/c14-9-13-4-2-1-3-10(13)11(15)12-5-7-16-8-6-12/h10H,1-8H2. The SMILES string of the molecule is O=[C]N1CCCCC1C(=O)N1CCOCC1. The van der Waals surface area contributed by atoms with Crippen LogP contribution in [0, 0.1) is 0 Å². The van der Waals surface area contributed by atoms with Crippen LogP contribution in [-0.2, 0) is 14.3 Å². The first-order valence-corrected chi connectivity index (χ1v) is 5.84. The van der Waals surface area contributed by atoms with Gasteiger partial charge >= 0.3 is 6.41 Å². The lowest BCUT2D eigenvalue weighted by Gasteiger charge is -2.36. The summed E-state index contributed by atoms with van der Waals surface area (Å²) in [5, 5.41) is 0. The van der Waals surface area contributed by atoms with Crippen molar-refractivity contribution in [3.05, 3.63) is 0 Å². The first kappa shape index (κ1) is 11.4. The Balaban J connectivity index is 1.97.